The van der Waals surface area contributed by atoms with Gasteiger partial charge in [-0.05, 0) is 31.9 Å². The molecule has 0 radical (unpaired) electrons. The van der Waals surface area contributed by atoms with E-state index in [2.05, 4.69) is 26.9 Å². The number of aromatic nitrogens is 4. The first-order chi connectivity index (χ1) is 9.56. The van der Waals surface area contributed by atoms with Gasteiger partial charge < -0.3 is 10.5 Å². The van der Waals surface area contributed by atoms with E-state index >= 15 is 0 Å². The van der Waals surface area contributed by atoms with Crippen LogP contribution in [0, 0.1) is 13.8 Å². The summed E-state index contributed by atoms with van der Waals surface area (Å²) in [5.41, 5.74) is 9.36. The van der Waals surface area contributed by atoms with Crippen molar-refractivity contribution in [1.82, 2.24) is 19.9 Å². The summed E-state index contributed by atoms with van der Waals surface area (Å²) >= 11 is 0. The molecular formula is C14H19N5O. The predicted octanol–water partition coefficient (Wildman–Crippen LogP) is 1.62. The van der Waals surface area contributed by atoms with Gasteiger partial charge in [-0.15, -0.1) is 0 Å². The van der Waals surface area contributed by atoms with Gasteiger partial charge in [-0.2, -0.15) is 0 Å². The highest BCUT2D eigenvalue weighted by Crippen LogP contribution is 2.24. The van der Waals surface area contributed by atoms with E-state index in [4.69, 9.17) is 10.5 Å². The Labute approximate surface area is 118 Å². The molecule has 0 saturated heterocycles. The molecule has 2 rings (SSSR count). The van der Waals surface area contributed by atoms with Crippen molar-refractivity contribution in [2.75, 3.05) is 13.7 Å². The van der Waals surface area contributed by atoms with Crippen LogP contribution in [0.5, 0.6) is 5.88 Å². The van der Waals surface area contributed by atoms with E-state index in [1.807, 2.05) is 13.8 Å². The smallest absolute Gasteiger partial charge is 0.216 e. The number of aryl methyl sites for hydroxylation is 2. The molecule has 20 heavy (non-hydrogen) atoms. The topological polar surface area (TPSA) is 86.8 Å². The average molecular weight is 273 g/mol. The van der Waals surface area contributed by atoms with E-state index in [0.29, 0.717) is 23.9 Å². The molecule has 0 aliphatic heterocycles. The standard InChI is InChI=1S/C14H19N5O/c1-8(6-15)13-9(2)18-14(19-10(13)3)11-5-12(20-4)17-7-16-11/h5,7-8H,6,15H2,1-4H3. The van der Waals surface area contributed by atoms with Crippen molar-refractivity contribution >= 4 is 0 Å². The maximum Gasteiger partial charge on any atom is 0.216 e. The Morgan fingerprint density at radius 2 is 1.85 bits per heavy atom. The Morgan fingerprint density at radius 1 is 1.20 bits per heavy atom. The van der Waals surface area contributed by atoms with E-state index in [1.54, 1.807) is 13.2 Å². The van der Waals surface area contributed by atoms with Crippen LogP contribution in [0.15, 0.2) is 12.4 Å². The van der Waals surface area contributed by atoms with Crippen LogP contribution in [0.4, 0.5) is 0 Å². The van der Waals surface area contributed by atoms with Crippen LogP contribution in [-0.2, 0) is 0 Å². The summed E-state index contributed by atoms with van der Waals surface area (Å²) in [5.74, 6) is 1.31. The first-order valence-corrected chi connectivity index (χ1v) is 6.48. The highest BCUT2D eigenvalue weighted by molar-refractivity contribution is 5.51. The molecule has 6 heteroatoms. The third-order valence-corrected chi connectivity index (χ3v) is 3.25. The van der Waals surface area contributed by atoms with Crippen molar-refractivity contribution in [3.8, 4) is 17.4 Å². The van der Waals surface area contributed by atoms with E-state index in [9.17, 15) is 0 Å². The molecule has 0 amide bonds. The van der Waals surface area contributed by atoms with Crippen LogP contribution in [0.3, 0.4) is 0 Å². The zero-order chi connectivity index (χ0) is 14.7. The molecule has 0 aliphatic rings. The van der Waals surface area contributed by atoms with Crippen molar-refractivity contribution in [3.05, 3.63) is 29.3 Å². The summed E-state index contributed by atoms with van der Waals surface area (Å²) in [6.45, 7) is 6.59. The van der Waals surface area contributed by atoms with Crippen molar-refractivity contribution in [2.45, 2.75) is 26.7 Å². The fourth-order valence-electron chi connectivity index (χ4n) is 2.24. The van der Waals surface area contributed by atoms with Gasteiger partial charge in [0.25, 0.3) is 0 Å². The first kappa shape index (κ1) is 14.3. The highest BCUT2D eigenvalue weighted by Gasteiger charge is 2.15. The molecule has 0 aliphatic carbocycles. The molecule has 1 unspecified atom stereocenters. The second kappa shape index (κ2) is 5.92. The third kappa shape index (κ3) is 2.75. The fraction of sp³-hybridized carbons (Fsp3) is 0.429. The molecule has 2 heterocycles. The lowest BCUT2D eigenvalue weighted by Gasteiger charge is -2.15. The molecule has 0 aromatic carbocycles. The molecule has 0 saturated carbocycles. The molecule has 2 N–H and O–H groups in total. The Morgan fingerprint density at radius 3 is 2.40 bits per heavy atom. The summed E-state index contributed by atoms with van der Waals surface area (Å²) in [4.78, 5) is 17.2. The third-order valence-electron chi connectivity index (χ3n) is 3.25. The largest absolute Gasteiger partial charge is 0.481 e. The monoisotopic (exact) mass is 273 g/mol. The van der Waals surface area contributed by atoms with Crippen molar-refractivity contribution < 1.29 is 4.74 Å². The predicted molar refractivity (Wildman–Crippen MR) is 76.6 cm³/mol. The van der Waals surface area contributed by atoms with Gasteiger partial charge in [-0.25, -0.2) is 19.9 Å². The first-order valence-electron chi connectivity index (χ1n) is 6.48. The zero-order valence-corrected chi connectivity index (χ0v) is 12.2. The molecule has 2 aromatic rings. The quantitative estimate of drug-likeness (QED) is 0.911. The molecule has 0 fully saturated rings. The summed E-state index contributed by atoms with van der Waals surface area (Å²) < 4.78 is 5.09. The fourth-order valence-corrected chi connectivity index (χ4v) is 2.24. The van der Waals surface area contributed by atoms with Gasteiger partial charge in [-0.1, -0.05) is 6.92 Å². The summed E-state index contributed by atoms with van der Waals surface area (Å²) in [6, 6.07) is 1.72. The SMILES string of the molecule is COc1cc(-c2nc(C)c(C(C)CN)c(C)n2)ncn1. The second-order valence-electron chi connectivity index (χ2n) is 4.71. The number of ether oxygens (including phenoxy) is 1. The van der Waals surface area contributed by atoms with E-state index in [-0.39, 0.29) is 5.92 Å². The van der Waals surface area contributed by atoms with Gasteiger partial charge >= 0.3 is 0 Å². The zero-order valence-electron chi connectivity index (χ0n) is 12.2. The number of nitrogens with two attached hydrogens (primary N) is 1. The minimum Gasteiger partial charge on any atom is -0.481 e. The van der Waals surface area contributed by atoms with Crippen molar-refractivity contribution in [3.63, 3.8) is 0 Å². The van der Waals surface area contributed by atoms with Crippen molar-refractivity contribution in [1.29, 1.82) is 0 Å². The van der Waals surface area contributed by atoms with Gasteiger partial charge in [0.15, 0.2) is 5.82 Å². The van der Waals surface area contributed by atoms with Gasteiger partial charge in [-0.3, -0.25) is 0 Å². The Balaban J connectivity index is 2.49. The van der Waals surface area contributed by atoms with E-state index in [1.165, 1.54) is 6.33 Å². The maximum absolute atomic E-state index is 5.74. The lowest BCUT2D eigenvalue weighted by Crippen LogP contribution is -2.14. The number of rotatable bonds is 4. The van der Waals surface area contributed by atoms with Crippen LogP contribution in [0.25, 0.3) is 11.5 Å². The summed E-state index contributed by atoms with van der Waals surface area (Å²) in [7, 11) is 1.56. The minimum absolute atomic E-state index is 0.240. The van der Waals surface area contributed by atoms with Crippen LogP contribution in [-0.4, -0.2) is 33.6 Å². The van der Waals surface area contributed by atoms with Crippen LogP contribution in [0.2, 0.25) is 0 Å². The van der Waals surface area contributed by atoms with Crippen LogP contribution in [0.1, 0.15) is 29.8 Å². The Hall–Kier alpha value is -2.08. The van der Waals surface area contributed by atoms with Crippen molar-refractivity contribution in [2.24, 2.45) is 5.73 Å². The Kier molecular flexibility index (Phi) is 4.24. The van der Waals surface area contributed by atoms with Gasteiger partial charge in [0, 0.05) is 17.5 Å². The maximum atomic E-state index is 5.74. The molecular weight excluding hydrogens is 254 g/mol. The normalized spacial score (nSPS) is 12.2. The molecule has 1 atom stereocenters. The molecule has 106 valence electrons. The summed E-state index contributed by atoms with van der Waals surface area (Å²) in [6.07, 6.45) is 1.44. The highest BCUT2D eigenvalue weighted by atomic mass is 16.5. The molecule has 6 nitrogen and oxygen atoms in total. The Bertz CT molecular complexity index is 591. The van der Waals surface area contributed by atoms with Gasteiger partial charge in [0.2, 0.25) is 5.88 Å². The van der Waals surface area contributed by atoms with E-state index < -0.39 is 0 Å². The number of methoxy groups -OCH3 is 1. The number of nitrogens with zero attached hydrogens (tertiary/aromatic N) is 4. The second-order valence-corrected chi connectivity index (χ2v) is 4.71. The van der Waals surface area contributed by atoms with Crippen LogP contribution >= 0.6 is 0 Å². The molecule has 0 bridgehead atoms. The number of hydrogen-bond donors (Lipinski definition) is 1. The average Bonchev–Trinajstić information content (AvgIpc) is 2.46. The molecule has 2 aromatic heterocycles. The lowest BCUT2D eigenvalue weighted by atomic mass is 9.98. The van der Waals surface area contributed by atoms with Crippen LogP contribution < -0.4 is 10.5 Å². The van der Waals surface area contributed by atoms with Gasteiger partial charge in [0.1, 0.15) is 12.0 Å². The van der Waals surface area contributed by atoms with E-state index in [0.717, 1.165) is 17.0 Å². The summed E-state index contributed by atoms with van der Waals surface area (Å²) in [5, 5.41) is 0. The lowest BCUT2D eigenvalue weighted by molar-refractivity contribution is 0.397. The number of hydrogen-bond acceptors (Lipinski definition) is 6. The van der Waals surface area contributed by atoms with Gasteiger partial charge in [0.05, 0.1) is 7.11 Å². The minimum atomic E-state index is 0.240. The molecule has 0 spiro atoms.